The Hall–Kier alpha value is -2.69. The summed E-state index contributed by atoms with van der Waals surface area (Å²) in [5.41, 5.74) is 2.28. The summed E-state index contributed by atoms with van der Waals surface area (Å²) < 4.78 is 13.9. The number of hydrogen-bond donors (Lipinski definition) is 1. The van der Waals surface area contributed by atoms with Gasteiger partial charge < -0.3 is 10.2 Å². The Morgan fingerprint density at radius 3 is 2.62 bits per heavy atom. The van der Waals surface area contributed by atoms with Crippen molar-refractivity contribution in [3.63, 3.8) is 0 Å². The molecule has 136 valence electrons. The zero-order valence-corrected chi connectivity index (χ0v) is 14.9. The van der Waals surface area contributed by atoms with Gasteiger partial charge in [-0.05, 0) is 37.5 Å². The molecule has 1 heterocycles. The molecule has 0 aliphatic carbocycles. The van der Waals surface area contributed by atoms with Crippen molar-refractivity contribution in [2.45, 2.75) is 26.3 Å². The van der Waals surface area contributed by atoms with E-state index in [1.807, 2.05) is 31.2 Å². The molecule has 1 saturated heterocycles. The van der Waals surface area contributed by atoms with E-state index in [4.69, 9.17) is 0 Å². The molecule has 3 rings (SSSR count). The van der Waals surface area contributed by atoms with Gasteiger partial charge in [-0.25, -0.2) is 4.39 Å². The molecule has 0 bridgehead atoms. The van der Waals surface area contributed by atoms with Crippen molar-refractivity contribution >= 4 is 11.8 Å². The smallest absolute Gasteiger partial charge is 0.256 e. The van der Waals surface area contributed by atoms with Crippen molar-refractivity contribution in [2.24, 2.45) is 5.92 Å². The van der Waals surface area contributed by atoms with E-state index < -0.39 is 5.82 Å². The minimum Gasteiger partial charge on any atom is -0.352 e. The molecule has 2 aromatic rings. The van der Waals surface area contributed by atoms with Crippen molar-refractivity contribution in [3.8, 4) is 0 Å². The number of likely N-dealkylation sites (tertiary alicyclic amines) is 1. The van der Waals surface area contributed by atoms with Crippen LogP contribution in [0.2, 0.25) is 0 Å². The number of nitrogens with zero attached hydrogens (tertiary/aromatic N) is 1. The topological polar surface area (TPSA) is 49.4 Å². The molecule has 4 nitrogen and oxygen atoms in total. The first-order valence-electron chi connectivity index (χ1n) is 8.91. The summed E-state index contributed by atoms with van der Waals surface area (Å²) in [6, 6.07) is 14.0. The third-order valence-corrected chi connectivity index (χ3v) is 4.77. The van der Waals surface area contributed by atoms with Crippen LogP contribution in [0.25, 0.3) is 0 Å². The fraction of sp³-hybridized carbons (Fsp3) is 0.333. The van der Waals surface area contributed by atoms with Gasteiger partial charge in [0.25, 0.3) is 5.91 Å². The Morgan fingerprint density at radius 1 is 1.15 bits per heavy atom. The Labute approximate surface area is 153 Å². The van der Waals surface area contributed by atoms with Gasteiger partial charge in [0.15, 0.2) is 0 Å². The van der Waals surface area contributed by atoms with E-state index in [0.29, 0.717) is 19.6 Å². The van der Waals surface area contributed by atoms with Crippen molar-refractivity contribution in [1.29, 1.82) is 0 Å². The summed E-state index contributed by atoms with van der Waals surface area (Å²) in [5, 5.41) is 2.95. The van der Waals surface area contributed by atoms with Gasteiger partial charge in [-0.15, -0.1) is 0 Å². The van der Waals surface area contributed by atoms with Crippen LogP contribution in [0.4, 0.5) is 4.39 Å². The first-order valence-corrected chi connectivity index (χ1v) is 8.91. The predicted octanol–water partition coefficient (Wildman–Crippen LogP) is 3.30. The zero-order valence-electron chi connectivity index (χ0n) is 14.9. The molecule has 1 atom stereocenters. The van der Waals surface area contributed by atoms with Gasteiger partial charge in [0.05, 0.1) is 11.5 Å². The lowest BCUT2D eigenvalue weighted by molar-refractivity contribution is -0.126. The Kier molecular flexibility index (Phi) is 5.66. The van der Waals surface area contributed by atoms with E-state index in [2.05, 4.69) is 5.32 Å². The molecular formula is C21H23FN2O2. The van der Waals surface area contributed by atoms with Gasteiger partial charge in [0.2, 0.25) is 5.91 Å². The molecule has 0 aromatic heterocycles. The van der Waals surface area contributed by atoms with Crippen LogP contribution >= 0.6 is 0 Å². The average molecular weight is 354 g/mol. The van der Waals surface area contributed by atoms with Crippen molar-refractivity contribution in [1.82, 2.24) is 10.2 Å². The minimum absolute atomic E-state index is 0.0587. The maximum Gasteiger partial charge on any atom is 0.256 e. The fourth-order valence-corrected chi connectivity index (χ4v) is 3.22. The van der Waals surface area contributed by atoms with Gasteiger partial charge in [0.1, 0.15) is 5.82 Å². The normalized spacial score (nSPS) is 17.0. The highest BCUT2D eigenvalue weighted by Crippen LogP contribution is 2.20. The molecule has 5 heteroatoms. The SMILES string of the molecule is Cc1ccc(CNC(=O)[C@@H]2CCCN(C(=O)c3ccccc3F)C2)cc1. The monoisotopic (exact) mass is 354 g/mol. The number of amides is 2. The van der Waals surface area contributed by atoms with E-state index in [-0.39, 0.29) is 23.3 Å². The number of hydrogen-bond acceptors (Lipinski definition) is 2. The predicted molar refractivity (Wildman–Crippen MR) is 98.1 cm³/mol. The van der Waals surface area contributed by atoms with Crippen molar-refractivity contribution in [2.75, 3.05) is 13.1 Å². The largest absolute Gasteiger partial charge is 0.352 e. The number of carbonyl (C=O) groups excluding carboxylic acids is 2. The number of benzene rings is 2. The van der Waals surface area contributed by atoms with E-state index in [1.54, 1.807) is 17.0 Å². The van der Waals surface area contributed by atoms with Crippen LogP contribution in [0.3, 0.4) is 0 Å². The van der Waals surface area contributed by atoms with Crippen LogP contribution in [-0.2, 0) is 11.3 Å². The molecule has 0 unspecified atom stereocenters. The van der Waals surface area contributed by atoms with Crippen molar-refractivity contribution < 1.29 is 14.0 Å². The molecule has 0 radical (unpaired) electrons. The van der Waals surface area contributed by atoms with Crippen LogP contribution in [-0.4, -0.2) is 29.8 Å². The quantitative estimate of drug-likeness (QED) is 0.916. The van der Waals surface area contributed by atoms with Crippen LogP contribution in [0.15, 0.2) is 48.5 Å². The number of aryl methyl sites for hydroxylation is 1. The number of halogens is 1. The third-order valence-electron chi connectivity index (χ3n) is 4.77. The van der Waals surface area contributed by atoms with E-state index in [1.165, 1.54) is 17.7 Å². The Bertz CT molecular complexity index is 789. The number of piperidine rings is 1. The van der Waals surface area contributed by atoms with Crippen molar-refractivity contribution in [3.05, 3.63) is 71.0 Å². The molecule has 1 N–H and O–H groups in total. The first kappa shape index (κ1) is 18.1. The fourth-order valence-electron chi connectivity index (χ4n) is 3.22. The van der Waals surface area contributed by atoms with Gasteiger partial charge >= 0.3 is 0 Å². The standard InChI is InChI=1S/C21H23FN2O2/c1-15-8-10-16(11-9-15)13-23-20(25)17-5-4-12-24(14-17)21(26)18-6-2-3-7-19(18)22/h2-3,6-11,17H,4-5,12-14H2,1H3,(H,23,25)/t17-/m1/s1. The lowest BCUT2D eigenvalue weighted by Crippen LogP contribution is -2.45. The van der Waals surface area contributed by atoms with Crippen LogP contribution in [0.5, 0.6) is 0 Å². The van der Waals surface area contributed by atoms with Crippen LogP contribution < -0.4 is 5.32 Å². The molecule has 0 spiro atoms. The molecular weight excluding hydrogens is 331 g/mol. The first-order chi connectivity index (χ1) is 12.5. The second-order valence-electron chi connectivity index (χ2n) is 6.77. The maximum absolute atomic E-state index is 13.9. The second kappa shape index (κ2) is 8.13. The minimum atomic E-state index is -0.525. The number of nitrogens with one attached hydrogen (secondary N) is 1. The van der Waals surface area contributed by atoms with Gasteiger partial charge in [-0.3, -0.25) is 9.59 Å². The summed E-state index contributed by atoms with van der Waals surface area (Å²) in [6.07, 6.45) is 1.48. The van der Waals surface area contributed by atoms with Crippen LogP contribution in [0, 0.1) is 18.7 Å². The summed E-state index contributed by atoms with van der Waals surface area (Å²) in [4.78, 5) is 26.6. The second-order valence-corrected chi connectivity index (χ2v) is 6.77. The van der Waals surface area contributed by atoms with Gasteiger partial charge in [-0.1, -0.05) is 42.0 Å². The number of carbonyl (C=O) groups is 2. The molecule has 2 amide bonds. The van der Waals surface area contributed by atoms with E-state index in [0.717, 1.165) is 18.4 Å². The Morgan fingerprint density at radius 2 is 1.88 bits per heavy atom. The molecule has 2 aromatic carbocycles. The molecule has 0 saturated carbocycles. The highest BCUT2D eigenvalue weighted by atomic mass is 19.1. The molecule has 26 heavy (non-hydrogen) atoms. The van der Waals surface area contributed by atoms with Gasteiger partial charge in [-0.2, -0.15) is 0 Å². The zero-order chi connectivity index (χ0) is 18.5. The summed E-state index contributed by atoms with van der Waals surface area (Å²) in [6.45, 7) is 3.37. The Balaban J connectivity index is 1.59. The van der Waals surface area contributed by atoms with E-state index in [9.17, 15) is 14.0 Å². The molecule has 1 aliphatic heterocycles. The molecule has 1 fully saturated rings. The molecule has 1 aliphatic rings. The highest BCUT2D eigenvalue weighted by Gasteiger charge is 2.29. The van der Waals surface area contributed by atoms with E-state index >= 15 is 0 Å². The lowest BCUT2D eigenvalue weighted by Gasteiger charge is -2.32. The maximum atomic E-state index is 13.9. The number of rotatable bonds is 4. The lowest BCUT2D eigenvalue weighted by atomic mass is 9.96. The van der Waals surface area contributed by atoms with Gasteiger partial charge in [0, 0.05) is 19.6 Å². The summed E-state index contributed by atoms with van der Waals surface area (Å²) >= 11 is 0. The third kappa shape index (κ3) is 4.28. The highest BCUT2D eigenvalue weighted by molar-refractivity contribution is 5.95. The van der Waals surface area contributed by atoms with Crippen LogP contribution in [0.1, 0.15) is 34.3 Å². The average Bonchev–Trinajstić information content (AvgIpc) is 2.67. The summed E-state index contributed by atoms with van der Waals surface area (Å²) in [7, 11) is 0. The summed E-state index contributed by atoms with van der Waals surface area (Å²) in [5.74, 6) is -1.19.